The Morgan fingerprint density at radius 1 is 1.00 bits per heavy atom. The van der Waals surface area contributed by atoms with Gasteiger partial charge in [-0.25, -0.2) is 0 Å². The molecule has 0 spiro atoms. The first-order valence-corrected chi connectivity index (χ1v) is 10.4. The van der Waals surface area contributed by atoms with Crippen LogP contribution >= 0.6 is 49.6 Å². The molecule has 0 saturated carbocycles. The highest BCUT2D eigenvalue weighted by Gasteiger charge is 2.25. The topological polar surface area (TPSA) is 84.1 Å². The number of nitrogens with two attached hydrogens (primary N) is 1. The minimum atomic E-state index is 0. The fourth-order valence-electron chi connectivity index (χ4n) is 3.92. The Hall–Kier alpha value is -2.09. The fraction of sp³-hybridized carbons (Fsp3) is 0.292. The lowest BCUT2D eigenvalue weighted by Crippen LogP contribution is -2.38. The zero-order chi connectivity index (χ0) is 20.8. The van der Waals surface area contributed by atoms with Gasteiger partial charge in [0.25, 0.3) is 5.91 Å². The van der Waals surface area contributed by atoms with Crippen molar-refractivity contribution in [3.63, 3.8) is 0 Å². The van der Waals surface area contributed by atoms with Crippen molar-refractivity contribution in [3.05, 3.63) is 89.5 Å². The molecule has 1 fully saturated rings. The molecule has 1 aliphatic heterocycles. The molecule has 1 aliphatic rings. The van der Waals surface area contributed by atoms with E-state index in [1.165, 1.54) is 5.56 Å². The Balaban J connectivity index is 0.00000272. The lowest BCUT2D eigenvalue weighted by Gasteiger charge is -2.32. The molecule has 0 atom stereocenters. The third-order valence-corrected chi connectivity index (χ3v) is 5.63. The molecule has 186 valence electrons. The van der Waals surface area contributed by atoms with Crippen LogP contribution < -0.4 is 11.1 Å². The SMILES string of the molecule is Cl.Cl.Cl.Cl.NCc1cccc(C2CCN(C(=O)c3cncc(NCc4ccccn4)c3)CC2)c1. The van der Waals surface area contributed by atoms with Gasteiger partial charge in [0.05, 0.1) is 23.5 Å². The molecular weight excluding hydrogens is 516 g/mol. The first-order chi connectivity index (χ1) is 14.7. The summed E-state index contributed by atoms with van der Waals surface area (Å²) in [5.41, 5.74) is 10.6. The highest BCUT2D eigenvalue weighted by molar-refractivity contribution is 5.94. The Bertz CT molecular complexity index is 1000. The van der Waals surface area contributed by atoms with Gasteiger partial charge in [-0.05, 0) is 48.1 Å². The number of nitrogens with one attached hydrogen (secondary N) is 1. The molecule has 10 heteroatoms. The number of carbonyl (C=O) groups excluding carboxylic acids is 1. The summed E-state index contributed by atoms with van der Waals surface area (Å²) in [5, 5.41) is 3.29. The predicted molar refractivity (Wildman–Crippen MR) is 147 cm³/mol. The molecule has 34 heavy (non-hydrogen) atoms. The molecule has 0 aliphatic carbocycles. The van der Waals surface area contributed by atoms with Crippen LogP contribution in [-0.4, -0.2) is 33.9 Å². The van der Waals surface area contributed by atoms with Gasteiger partial charge in [0.1, 0.15) is 0 Å². The average molecular weight is 547 g/mol. The number of hydrogen-bond donors (Lipinski definition) is 2. The zero-order valence-corrected chi connectivity index (χ0v) is 21.9. The van der Waals surface area contributed by atoms with E-state index in [4.69, 9.17) is 5.73 Å². The van der Waals surface area contributed by atoms with Gasteiger partial charge in [0.2, 0.25) is 0 Å². The van der Waals surface area contributed by atoms with Crippen molar-refractivity contribution in [1.82, 2.24) is 14.9 Å². The fourth-order valence-corrected chi connectivity index (χ4v) is 3.92. The van der Waals surface area contributed by atoms with E-state index in [-0.39, 0.29) is 55.5 Å². The molecule has 1 amide bonds. The molecular formula is C24H31Cl4N5O. The standard InChI is InChI=1S/C24H27N5O.4ClH/c25-14-18-4-3-5-20(12-18)19-7-10-29(11-8-19)24(30)21-13-23(16-26-15-21)28-17-22-6-1-2-9-27-22;;;;/h1-6,9,12-13,15-16,19,28H,7-8,10-11,14,17,25H2;4*1H. The predicted octanol–water partition coefficient (Wildman–Crippen LogP) is 5.25. The molecule has 0 radical (unpaired) electrons. The summed E-state index contributed by atoms with van der Waals surface area (Å²) >= 11 is 0. The third kappa shape index (κ3) is 8.29. The highest BCUT2D eigenvalue weighted by Crippen LogP contribution is 2.29. The van der Waals surface area contributed by atoms with Crippen LogP contribution in [-0.2, 0) is 13.1 Å². The summed E-state index contributed by atoms with van der Waals surface area (Å²) in [6, 6.07) is 16.2. The third-order valence-electron chi connectivity index (χ3n) is 5.63. The molecule has 3 heterocycles. The van der Waals surface area contributed by atoms with Crippen molar-refractivity contribution in [1.29, 1.82) is 0 Å². The van der Waals surface area contributed by atoms with E-state index in [0.29, 0.717) is 24.6 Å². The van der Waals surface area contributed by atoms with E-state index in [1.807, 2.05) is 29.2 Å². The lowest BCUT2D eigenvalue weighted by atomic mass is 9.88. The Labute approximate surface area is 225 Å². The highest BCUT2D eigenvalue weighted by atomic mass is 35.5. The van der Waals surface area contributed by atoms with E-state index in [0.717, 1.165) is 42.9 Å². The largest absolute Gasteiger partial charge is 0.378 e. The smallest absolute Gasteiger partial charge is 0.255 e. The van der Waals surface area contributed by atoms with Gasteiger partial charge in [-0.2, -0.15) is 0 Å². The molecule has 2 aromatic heterocycles. The summed E-state index contributed by atoms with van der Waals surface area (Å²) in [5.74, 6) is 0.517. The number of piperidine rings is 1. The second-order valence-corrected chi connectivity index (χ2v) is 7.65. The maximum absolute atomic E-state index is 13.0. The Kier molecular flexibility index (Phi) is 14.8. The van der Waals surface area contributed by atoms with Gasteiger partial charge < -0.3 is 16.0 Å². The monoisotopic (exact) mass is 545 g/mol. The van der Waals surface area contributed by atoms with E-state index < -0.39 is 0 Å². The number of hydrogen-bond acceptors (Lipinski definition) is 5. The number of nitrogens with zero attached hydrogens (tertiary/aromatic N) is 3. The Morgan fingerprint density at radius 2 is 1.76 bits per heavy atom. The van der Waals surface area contributed by atoms with Crippen LogP contribution in [0.4, 0.5) is 5.69 Å². The van der Waals surface area contributed by atoms with Crippen molar-refractivity contribution in [2.45, 2.75) is 31.8 Å². The van der Waals surface area contributed by atoms with Crippen LogP contribution in [0.25, 0.3) is 0 Å². The molecule has 0 bridgehead atoms. The molecule has 3 aromatic rings. The van der Waals surface area contributed by atoms with Gasteiger partial charge in [-0.1, -0.05) is 30.3 Å². The van der Waals surface area contributed by atoms with Crippen molar-refractivity contribution in [2.75, 3.05) is 18.4 Å². The van der Waals surface area contributed by atoms with Crippen LogP contribution in [0.2, 0.25) is 0 Å². The Morgan fingerprint density at radius 3 is 2.44 bits per heavy atom. The quantitative estimate of drug-likeness (QED) is 0.441. The van der Waals surface area contributed by atoms with E-state index in [1.54, 1.807) is 18.6 Å². The van der Waals surface area contributed by atoms with Crippen molar-refractivity contribution in [3.8, 4) is 0 Å². The van der Waals surface area contributed by atoms with Gasteiger partial charge >= 0.3 is 0 Å². The molecule has 0 unspecified atom stereocenters. The maximum atomic E-state index is 13.0. The number of amides is 1. The summed E-state index contributed by atoms with van der Waals surface area (Å²) in [4.78, 5) is 23.5. The van der Waals surface area contributed by atoms with Crippen LogP contribution in [0.5, 0.6) is 0 Å². The van der Waals surface area contributed by atoms with Crippen LogP contribution in [0.1, 0.15) is 45.9 Å². The number of anilines is 1. The van der Waals surface area contributed by atoms with Crippen LogP contribution in [0, 0.1) is 0 Å². The van der Waals surface area contributed by atoms with Gasteiger partial charge in [-0.15, -0.1) is 49.6 Å². The van der Waals surface area contributed by atoms with E-state index in [2.05, 4.69) is 39.6 Å². The normalized spacial score (nSPS) is 12.8. The molecule has 1 aromatic carbocycles. The number of benzene rings is 1. The minimum absolute atomic E-state index is 0. The number of carbonyl (C=O) groups is 1. The number of aromatic nitrogens is 2. The maximum Gasteiger partial charge on any atom is 0.255 e. The first-order valence-electron chi connectivity index (χ1n) is 10.4. The number of pyridine rings is 2. The zero-order valence-electron chi connectivity index (χ0n) is 18.6. The van der Waals surface area contributed by atoms with Crippen LogP contribution in [0.15, 0.2) is 67.1 Å². The molecule has 4 rings (SSSR count). The van der Waals surface area contributed by atoms with Gasteiger partial charge in [-0.3, -0.25) is 14.8 Å². The lowest BCUT2D eigenvalue weighted by molar-refractivity contribution is 0.0712. The van der Waals surface area contributed by atoms with Crippen LogP contribution in [0.3, 0.4) is 0 Å². The number of rotatable bonds is 6. The summed E-state index contributed by atoms with van der Waals surface area (Å²) in [7, 11) is 0. The first kappa shape index (κ1) is 31.9. The number of halogens is 4. The minimum Gasteiger partial charge on any atom is -0.378 e. The van der Waals surface area contributed by atoms with Gasteiger partial charge in [0.15, 0.2) is 0 Å². The van der Waals surface area contributed by atoms with Gasteiger partial charge in [0, 0.05) is 38.2 Å². The average Bonchev–Trinajstić information content (AvgIpc) is 2.83. The van der Waals surface area contributed by atoms with Crippen molar-refractivity contribution >= 4 is 61.2 Å². The van der Waals surface area contributed by atoms with E-state index >= 15 is 0 Å². The molecule has 6 nitrogen and oxygen atoms in total. The molecule has 3 N–H and O–H groups in total. The second-order valence-electron chi connectivity index (χ2n) is 7.65. The number of likely N-dealkylation sites (tertiary alicyclic amines) is 1. The summed E-state index contributed by atoms with van der Waals surface area (Å²) < 4.78 is 0. The summed E-state index contributed by atoms with van der Waals surface area (Å²) in [6.45, 7) is 2.65. The molecule has 1 saturated heterocycles. The van der Waals surface area contributed by atoms with E-state index in [9.17, 15) is 4.79 Å². The second kappa shape index (κ2) is 15.7. The van der Waals surface area contributed by atoms with Crippen molar-refractivity contribution < 1.29 is 4.79 Å². The van der Waals surface area contributed by atoms with Crippen molar-refractivity contribution in [2.24, 2.45) is 5.73 Å². The summed E-state index contributed by atoms with van der Waals surface area (Å²) in [6.07, 6.45) is 7.07.